The molecule has 0 unspecified atom stereocenters. The van der Waals surface area contributed by atoms with Gasteiger partial charge in [-0.25, -0.2) is 4.79 Å². The van der Waals surface area contributed by atoms with E-state index in [1.807, 2.05) is 0 Å². The van der Waals surface area contributed by atoms with Crippen LogP contribution in [0.25, 0.3) is 0 Å². The molecule has 0 saturated carbocycles. The number of ether oxygens (including phenoxy) is 2. The zero-order valence-corrected chi connectivity index (χ0v) is 13.8. The van der Waals surface area contributed by atoms with Gasteiger partial charge in [-0.05, 0) is 30.4 Å². The van der Waals surface area contributed by atoms with Crippen LogP contribution in [0.15, 0.2) is 42.0 Å². The monoisotopic (exact) mass is 346 g/mol. The first-order chi connectivity index (χ1) is 11.7. The molecule has 1 amide bonds. The highest BCUT2D eigenvalue weighted by Gasteiger charge is 2.27. The topological polar surface area (TPSA) is 77.5 Å². The minimum atomic E-state index is -1.03. The summed E-state index contributed by atoms with van der Waals surface area (Å²) >= 11 is 1.27. The Morgan fingerprint density at radius 1 is 1.42 bits per heavy atom. The van der Waals surface area contributed by atoms with Crippen molar-refractivity contribution in [3.05, 3.63) is 52.5 Å². The highest BCUT2D eigenvalue weighted by atomic mass is 32.1. The molecule has 3 rings (SSSR count). The molecule has 2 aromatic rings. The van der Waals surface area contributed by atoms with Crippen molar-refractivity contribution in [1.29, 1.82) is 0 Å². The van der Waals surface area contributed by atoms with Crippen LogP contribution in [-0.4, -0.2) is 36.1 Å². The van der Waals surface area contributed by atoms with E-state index in [-0.39, 0.29) is 12.0 Å². The van der Waals surface area contributed by atoms with Crippen molar-refractivity contribution < 1.29 is 19.1 Å². The molecule has 7 heteroatoms. The zero-order valence-electron chi connectivity index (χ0n) is 13.0. The van der Waals surface area contributed by atoms with Gasteiger partial charge in [0.25, 0.3) is 5.91 Å². The molecule has 0 bridgehead atoms. The van der Waals surface area contributed by atoms with Crippen molar-refractivity contribution >= 4 is 23.2 Å². The van der Waals surface area contributed by atoms with E-state index in [0.717, 1.165) is 19.4 Å². The molecule has 1 aliphatic rings. The first kappa shape index (κ1) is 16.6. The van der Waals surface area contributed by atoms with Crippen LogP contribution in [-0.2, 0) is 14.3 Å². The van der Waals surface area contributed by atoms with Gasteiger partial charge in [0, 0.05) is 31.1 Å². The molecule has 3 heterocycles. The number of carbonyl (C=O) groups excluding carboxylic acids is 2. The van der Waals surface area contributed by atoms with E-state index in [1.54, 1.807) is 35.8 Å². The third-order valence-electron chi connectivity index (χ3n) is 3.70. The molecule has 0 aliphatic carbocycles. The van der Waals surface area contributed by atoms with E-state index < -0.39 is 12.1 Å². The molecule has 1 fully saturated rings. The summed E-state index contributed by atoms with van der Waals surface area (Å²) in [7, 11) is 0. The minimum absolute atomic E-state index is 0.0245. The maximum Gasteiger partial charge on any atom is 0.349 e. The van der Waals surface area contributed by atoms with Crippen molar-refractivity contribution in [3.8, 4) is 0 Å². The second-order valence-corrected chi connectivity index (χ2v) is 6.38. The predicted octanol–water partition coefficient (Wildman–Crippen LogP) is 2.34. The lowest BCUT2D eigenvalue weighted by Crippen LogP contribution is -2.37. The number of rotatable bonds is 6. The number of aromatic nitrogens is 1. The molecule has 0 spiro atoms. The van der Waals surface area contributed by atoms with Crippen molar-refractivity contribution in [2.45, 2.75) is 25.0 Å². The number of carbonyl (C=O) groups is 2. The van der Waals surface area contributed by atoms with E-state index >= 15 is 0 Å². The Hall–Kier alpha value is -2.25. The Balaban J connectivity index is 1.69. The van der Waals surface area contributed by atoms with Crippen LogP contribution in [0, 0.1) is 0 Å². The standard InChI is InChI=1S/C17H18N2O4S/c20-16(19-11-13-5-2-8-22-13)15(12-4-1-7-18-10-12)23-17(21)14-6-3-9-24-14/h1,3-4,6-7,9-10,13,15H,2,5,8,11H2,(H,19,20)/t13-,15-/m0/s1. The molecule has 0 radical (unpaired) electrons. The number of thiophene rings is 1. The van der Waals surface area contributed by atoms with Crippen LogP contribution < -0.4 is 5.32 Å². The molecule has 1 saturated heterocycles. The Bertz CT molecular complexity index is 669. The normalized spacial score (nSPS) is 18.1. The van der Waals surface area contributed by atoms with Crippen molar-refractivity contribution in [2.75, 3.05) is 13.2 Å². The van der Waals surface area contributed by atoms with Gasteiger partial charge >= 0.3 is 5.97 Å². The maximum atomic E-state index is 12.5. The molecule has 24 heavy (non-hydrogen) atoms. The quantitative estimate of drug-likeness (QED) is 0.813. The SMILES string of the molecule is O=C(O[C@H](C(=O)NC[C@@H]1CCCO1)c1cccnc1)c1cccs1. The summed E-state index contributed by atoms with van der Waals surface area (Å²) in [5.41, 5.74) is 0.534. The maximum absolute atomic E-state index is 12.5. The first-order valence-electron chi connectivity index (χ1n) is 7.78. The van der Waals surface area contributed by atoms with E-state index in [2.05, 4.69) is 10.3 Å². The van der Waals surface area contributed by atoms with Crippen LogP contribution in [0.1, 0.15) is 34.2 Å². The van der Waals surface area contributed by atoms with Crippen molar-refractivity contribution in [1.82, 2.24) is 10.3 Å². The van der Waals surface area contributed by atoms with Gasteiger partial charge in [0.05, 0.1) is 6.10 Å². The van der Waals surface area contributed by atoms with Crippen LogP contribution in [0.4, 0.5) is 0 Å². The van der Waals surface area contributed by atoms with E-state index in [9.17, 15) is 9.59 Å². The molecule has 2 aromatic heterocycles. The second-order valence-electron chi connectivity index (χ2n) is 5.43. The fraction of sp³-hybridized carbons (Fsp3) is 0.353. The third kappa shape index (κ3) is 4.18. The third-order valence-corrected chi connectivity index (χ3v) is 4.55. The van der Waals surface area contributed by atoms with Gasteiger partial charge in [-0.2, -0.15) is 0 Å². The summed E-state index contributed by atoms with van der Waals surface area (Å²) in [6.45, 7) is 1.13. The van der Waals surface area contributed by atoms with Crippen molar-refractivity contribution in [3.63, 3.8) is 0 Å². The lowest BCUT2D eigenvalue weighted by Gasteiger charge is -2.18. The van der Waals surface area contributed by atoms with E-state index in [0.29, 0.717) is 17.0 Å². The van der Waals surface area contributed by atoms with Gasteiger partial charge < -0.3 is 14.8 Å². The summed E-state index contributed by atoms with van der Waals surface area (Å²) < 4.78 is 10.9. The Morgan fingerprint density at radius 3 is 3.00 bits per heavy atom. The number of esters is 1. The lowest BCUT2D eigenvalue weighted by molar-refractivity contribution is -0.130. The molecule has 1 N–H and O–H groups in total. The smallest absolute Gasteiger partial charge is 0.349 e. The van der Waals surface area contributed by atoms with Gasteiger partial charge in [0.2, 0.25) is 6.10 Å². The highest BCUT2D eigenvalue weighted by molar-refractivity contribution is 7.11. The summed E-state index contributed by atoms with van der Waals surface area (Å²) in [4.78, 5) is 29.2. The fourth-order valence-electron chi connectivity index (χ4n) is 2.48. The Labute approximate surface area is 143 Å². The zero-order chi connectivity index (χ0) is 16.8. The molecule has 2 atom stereocenters. The number of hydrogen-bond donors (Lipinski definition) is 1. The Kier molecular flexibility index (Phi) is 5.55. The number of pyridine rings is 1. The molecule has 6 nitrogen and oxygen atoms in total. The van der Waals surface area contributed by atoms with Crippen molar-refractivity contribution in [2.24, 2.45) is 0 Å². The summed E-state index contributed by atoms with van der Waals surface area (Å²) in [5.74, 6) is -0.894. The van der Waals surface area contributed by atoms with E-state index in [4.69, 9.17) is 9.47 Å². The predicted molar refractivity (Wildman–Crippen MR) is 88.7 cm³/mol. The average Bonchev–Trinajstić information content (AvgIpc) is 3.31. The minimum Gasteiger partial charge on any atom is -0.443 e. The average molecular weight is 346 g/mol. The van der Waals surface area contributed by atoms with Gasteiger partial charge in [-0.15, -0.1) is 11.3 Å². The summed E-state index contributed by atoms with van der Waals surface area (Å²) in [6, 6.07) is 6.84. The summed E-state index contributed by atoms with van der Waals surface area (Å²) in [5, 5.41) is 4.59. The lowest BCUT2D eigenvalue weighted by atomic mass is 10.1. The van der Waals surface area contributed by atoms with Gasteiger partial charge in [-0.1, -0.05) is 12.1 Å². The molecular weight excluding hydrogens is 328 g/mol. The molecular formula is C17H18N2O4S. The number of nitrogens with zero attached hydrogens (tertiary/aromatic N) is 1. The fourth-order valence-corrected chi connectivity index (χ4v) is 3.08. The van der Waals surface area contributed by atoms with E-state index in [1.165, 1.54) is 17.5 Å². The second kappa shape index (κ2) is 8.03. The number of nitrogens with one attached hydrogen (secondary N) is 1. The Morgan fingerprint density at radius 2 is 2.33 bits per heavy atom. The molecule has 1 aliphatic heterocycles. The molecule has 0 aromatic carbocycles. The van der Waals surface area contributed by atoms with Gasteiger partial charge in [0.1, 0.15) is 4.88 Å². The van der Waals surface area contributed by atoms with Crippen LogP contribution >= 0.6 is 11.3 Å². The molecule has 126 valence electrons. The number of amides is 1. The highest BCUT2D eigenvalue weighted by Crippen LogP contribution is 2.21. The van der Waals surface area contributed by atoms with Gasteiger partial charge in [-0.3, -0.25) is 9.78 Å². The van der Waals surface area contributed by atoms with Crippen LogP contribution in [0.2, 0.25) is 0 Å². The summed E-state index contributed by atoms with van der Waals surface area (Å²) in [6.07, 6.45) is 4.04. The first-order valence-corrected chi connectivity index (χ1v) is 8.66. The van der Waals surface area contributed by atoms with Crippen LogP contribution in [0.5, 0.6) is 0 Å². The number of hydrogen-bond acceptors (Lipinski definition) is 6. The van der Waals surface area contributed by atoms with Gasteiger partial charge in [0.15, 0.2) is 0 Å². The van der Waals surface area contributed by atoms with Crippen LogP contribution in [0.3, 0.4) is 0 Å². The largest absolute Gasteiger partial charge is 0.443 e.